The van der Waals surface area contributed by atoms with Gasteiger partial charge in [-0.25, -0.2) is 4.39 Å². The molecule has 2 nitrogen and oxygen atoms in total. The van der Waals surface area contributed by atoms with E-state index in [1.165, 1.54) is 6.07 Å². The average Bonchev–Trinajstić information content (AvgIpc) is 2.63. The zero-order chi connectivity index (χ0) is 13.3. The molecule has 0 aliphatic rings. The molecule has 0 bridgehead atoms. The van der Waals surface area contributed by atoms with Crippen molar-refractivity contribution in [3.05, 3.63) is 52.7 Å². The number of hydrogen-bond acceptors (Lipinski definition) is 2. The molecular weight excluding hydrogens is 229 g/mol. The van der Waals surface area contributed by atoms with Crippen molar-refractivity contribution in [3.8, 4) is 0 Å². The van der Waals surface area contributed by atoms with E-state index in [1.807, 2.05) is 39.8 Å². The van der Waals surface area contributed by atoms with Crippen LogP contribution in [0.1, 0.15) is 35.6 Å². The van der Waals surface area contributed by atoms with Crippen molar-refractivity contribution in [3.63, 3.8) is 0 Å². The number of hydrogen-bond donors (Lipinski definition) is 1. The van der Waals surface area contributed by atoms with Gasteiger partial charge in [0.05, 0.1) is 11.7 Å². The van der Waals surface area contributed by atoms with E-state index in [2.05, 4.69) is 5.32 Å². The molecular formula is C15H18FNO. The summed E-state index contributed by atoms with van der Waals surface area (Å²) < 4.78 is 19.2. The number of aryl methyl sites for hydroxylation is 3. The Balaban J connectivity index is 2.23. The Morgan fingerprint density at radius 2 is 1.89 bits per heavy atom. The lowest BCUT2D eigenvalue weighted by molar-refractivity contribution is 0.499. The summed E-state index contributed by atoms with van der Waals surface area (Å²) in [5, 5.41) is 3.19. The summed E-state index contributed by atoms with van der Waals surface area (Å²) in [6, 6.07) is 7.06. The van der Waals surface area contributed by atoms with E-state index in [4.69, 9.17) is 4.42 Å². The van der Waals surface area contributed by atoms with Gasteiger partial charge in [-0.15, -0.1) is 0 Å². The Morgan fingerprint density at radius 3 is 2.50 bits per heavy atom. The molecule has 0 amide bonds. The second-order valence-corrected chi connectivity index (χ2v) is 4.72. The van der Waals surface area contributed by atoms with Crippen molar-refractivity contribution in [2.75, 3.05) is 5.32 Å². The summed E-state index contributed by atoms with van der Waals surface area (Å²) in [6.45, 7) is 7.78. The fourth-order valence-electron chi connectivity index (χ4n) is 2.14. The van der Waals surface area contributed by atoms with E-state index in [0.29, 0.717) is 5.69 Å². The van der Waals surface area contributed by atoms with Crippen molar-refractivity contribution in [2.24, 2.45) is 0 Å². The minimum absolute atomic E-state index is 0.0127. The Kier molecular flexibility index (Phi) is 3.41. The van der Waals surface area contributed by atoms with Crippen LogP contribution in [0.25, 0.3) is 0 Å². The molecule has 1 aromatic heterocycles. The summed E-state index contributed by atoms with van der Waals surface area (Å²) in [5.41, 5.74) is 2.63. The van der Waals surface area contributed by atoms with Gasteiger partial charge >= 0.3 is 0 Å². The first-order valence-corrected chi connectivity index (χ1v) is 6.07. The highest BCUT2D eigenvalue weighted by molar-refractivity contribution is 5.49. The first-order chi connectivity index (χ1) is 8.47. The van der Waals surface area contributed by atoms with Crippen molar-refractivity contribution >= 4 is 5.69 Å². The lowest BCUT2D eigenvalue weighted by atomic mass is 10.1. The summed E-state index contributed by atoms with van der Waals surface area (Å²) >= 11 is 0. The molecule has 0 spiro atoms. The summed E-state index contributed by atoms with van der Waals surface area (Å²) in [4.78, 5) is 0. The van der Waals surface area contributed by atoms with Gasteiger partial charge in [0.15, 0.2) is 0 Å². The highest BCUT2D eigenvalue weighted by atomic mass is 19.1. The Bertz CT molecular complexity index is 560. The smallest absolute Gasteiger partial charge is 0.146 e. The van der Waals surface area contributed by atoms with Crippen LogP contribution in [0.15, 0.2) is 28.7 Å². The molecule has 18 heavy (non-hydrogen) atoms. The normalized spacial score (nSPS) is 12.5. The first kappa shape index (κ1) is 12.7. The number of nitrogens with one attached hydrogen (secondary N) is 1. The molecule has 1 unspecified atom stereocenters. The van der Waals surface area contributed by atoms with E-state index in [1.54, 1.807) is 6.07 Å². The van der Waals surface area contributed by atoms with Crippen LogP contribution in [-0.4, -0.2) is 0 Å². The topological polar surface area (TPSA) is 25.2 Å². The van der Waals surface area contributed by atoms with Gasteiger partial charge in [-0.05, 0) is 51.5 Å². The Labute approximate surface area is 107 Å². The maximum Gasteiger partial charge on any atom is 0.146 e. The van der Waals surface area contributed by atoms with Gasteiger partial charge in [0.1, 0.15) is 17.3 Å². The molecule has 2 rings (SSSR count). The molecule has 1 atom stereocenters. The van der Waals surface area contributed by atoms with Gasteiger partial charge in [-0.3, -0.25) is 0 Å². The van der Waals surface area contributed by atoms with Gasteiger partial charge < -0.3 is 9.73 Å². The molecule has 0 aliphatic carbocycles. The lowest BCUT2D eigenvalue weighted by Gasteiger charge is -2.15. The average molecular weight is 247 g/mol. The molecule has 0 radical (unpaired) electrons. The molecule has 1 heterocycles. The number of halogens is 1. The zero-order valence-electron chi connectivity index (χ0n) is 11.2. The predicted octanol–water partition coefficient (Wildman–Crippen LogP) is 4.52. The number of rotatable bonds is 3. The van der Waals surface area contributed by atoms with Gasteiger partial charge in [-0.2, -0.15) is 0 Å². The standard InChI is InChI=1S/C15H18FNO/c1-9-5-6-14(16)15(7-9)17-11(3)13-8-10(2)18-12(13)4/h5-8,11,17H,1-4H3. The van der Waals surface area contributed by atoms with Crippen LogP contribution < -0.4 is 5.32 Å². The molecule has 1 N–H and O–H groups in total. The summed E-state index contributed by atoms with van der Waals surface area (Å²) in [7, 11) is 0. The molecule has 3 heteroatoms. The third kappa shape index (κ3) is 2.55. The van der Waals surface area contributed by atoms with E-state index in [-0.39, 0.29) is 11.9 Å². The van der Waals surface area contributed by atoms with Crippen LogP contribution in [-0.2, 0) is 0 Å². The van der Waals surface area contributed by atoms with Gasteiger partial charge in [0.2, 0.25) is 0 Å². The largest absolute Gasteiger partial charge is 0.466 e. The third-order valence-electron chi connectivity index (χ3n) is 3.04. The van der Waals surface area contributed by atoms with Crippen LogP contribution in [0.5, 0.6) is 0 Å². The van der Waals surface area contributed by atoms with Crippen molar-refractivity contribution in [1.82, 2.24) is 0 Å². The fourth-order valence-corrected chi connectivity index (χ4v) is 2.14. The highest BCUT2D eigenvalue weighted by Crippen LogP contribution is 2.26. The Hall–Kier alpha value is -1.77. The number of furan rings is 1. The fraction of sp³-hybridized carbons (Fsp3) is 0.333. The van der Waals surface area contributed by atoms with Crippen molar-refractivity contribution in [2.45, 2.75) is 33.7 Å². The Morgan fingerprint density at radius 1 is 1.17 bits per heavy atom. The molecule has 2 aromatic rings. The lowest BCUT2D eigenvalue weighted by Crippen LogP contribution is -2.08. The molecule has 0 aliphatic heterocycles. The number of benzene rings is 1. The molecule has 0 saturated carbocycles. The summed E-state index contributed by atoms with van der Waals surface area (Å²) in [6.07, 6.45) is 0. The molecule has 96 valence electrons. The SMILES string of the molecule is Cc1ccc(F)c(NC(C)c2cc(C)oc2C)c1. The van der Waals surface area contributed by atoms with Crippen LogP contribution >= 0.6 is 0 Å². The summed E-state index contributed by atoms with van der Waals surface area (Å²) in [5.74, 6) is 1.52. The quantitative estimate of drug-likeness (QED) is 0.862. The van der Waals surface area contributed by atoms with Crippen molar-refractivity contribution in [1.29, 1.82) is 0 Å². The second kappa shape index (κ2) is 4.84. The van der Waals surface area contributed by atoms with E-state index in [9.17, 15) is 4.39 Å². The van der Waals surface area contributed by atoms with Crippen LogP contribution in [0.3, 0.4) is 0 Å². The second-order valence-electron chi connectivity index (χ2n) is 4.72. The van der Waals surface area contributed by atoms with E-state index < -0.39 is 0 Å². The van der Waals surface area contributed by atoms with Gasteiger partial charge in [0.25, 0.3) is 0 Å². The van der Waals surface area contributed by atoms with Gasteiger partial charge in [-0.1, -0.05) is 6.07 Å². The first-order valence-electron chi connectivity index (χ1n) is 6.07. The molecule has 0 fully saturated rings. The minimum atomic E-state index is -0.231. The van der Waals surface area contributed by atoms with E-state index in [0.717, 1.165) is 22.6 Å². The van der Waals surface area contributed by atoms with Crippen LogP contribution in [0.4, 0.5) is 10.1 Å². The van der Waals surface area contributed by atoms with Crippen molar-refractivity contribution < 1.29 is 8.81 Å². The monoisotopic (exact) mass is 247 g/mol. The maximum atomic E-state index is 13.7. The third-order valence-corrected chi connectivity index (χ3v) is 3.04. The zero-order valence-corrected chi connectivity index (χ0v) is 11.2. The van der Waals surface area contributed by atoms with Crippen LogP contribution in [0.2, 0.25) is 0 Å². The van der Waals surface area contributed by atoms with Crippen LogP contribution in [0, 0.1) is 26.6 Å². The minimum Gasteiger partial charge on any atom is -0.466 e. The van der Waals surface area contributed by atoms with Gasteiger partial charge in [0, 0.05) is 5.56 Å². The predicted molar refractivity (Wildman–Crippen MR) is 71.4 cm³/mol. The maximum absolute atomic E-state index is 13.7. The highest BCUT2D eigenvalue weighted by Gasteiger charge is 2.14. The van der Waals surface area contributed by atoms with E-state index >= 15 is 0 Å². The molecule has 1 aromatic carbocycles. The number of anilines is 1. The molecule has 0 saturated heterocycles.